The van der Waals surface area contributed by atoms with E-state index in [9.17, 15) is 14.7 Å². The van der Waals surface area contributed by atoms with Crippen LogP contribution < -0.4 is 0 Å². The zero-order chi connectivity index (χ0) is 14.9. The van der Waals surface area contributed by atoms with Crippen LogP contribution in [0.5, 0.6) is 0 Å². The molecular formula is C13H20N4O3. The van der Waals surface area contributed by atoms with Gasteiger partial charge in [0.1, 0.15) is 6.04 Å². The number of carbonyl (C=O) groups is 2. The summed E-state index contributed by atoms with van der Waals surface area (Å²) in [6, 6.07) is -0.968. The van der Waals surface area contributed by atoms with Gasteiger partial charge in [0, 0.05) is 32.4 Å². The molecule has 0 aliphatic carbocycles. The van der Waals surface area contributed by atoms with Crippen molar-refractivity contribution in [3.63, 3.8) is 0 Å². The fourth-order valence-electron chi connectivity index (χ4n) is 2.65. The zero-order valence-corrected chi connectivity index (χ0v) is 12.0. The number of aromatic nitrogens is 2. The number of aryl methyl sites for hydroxylation is 1. The van der Waals surface area contributed by atoms with E-state index in [4.69, 9.17) is 0 Å². The maximum Gasteiger partial charge on any atom is 0.326 e. The van der Waals surface area contributed by atoms with E-state index in [2.05, 4.69) is 5.10 Å². The van der Waals surface area contributed by atoms with Gasteiger partial charge in [0.2, 0.25) is 0 Å². The minimum Gasteiger partial charge on any atom is -0.480 e. The number of carboxylic acids is 1. The normalized spacial score (nSPS) is 22.1. The van der Waals surface area contributed by atoms with Gasteiger partial charge in [-0.15, -0.1) is 0 Å². The van der Waals surface area contributed by atoms with Crippen LogP contribution in [0.15, 0.2) is 12.4 Å². The average Bonchev–Trinajstić information content (AvgIpc) is 2.94. The predicted octanol–water partition coefficient (Wildman–Crippen LogP) is 0.767. The number of carbonyl (C=O) groups excluding carboxylic acids is 1. The first kappa shape index (κ1) is 14.4. The fraction of sp³-hybridized carbons (Fsp3) is 0.615. The fourth-order valence-corrected chi connectivity index (χ4v) is 2.65. The molecule has 0 radical (unpaired) electrons. The predicted molar refractivity (Wildman–Crippen MR) is 72.0 cm³/mol. The molecule has 1 N–H and O–H groups in total. The smallest absolute Gasteiger partial charge is 0.326 e. The number of hydrogen-bond donors (Lipinski definition) is 1. The van der Waals surface area contributed by atoms with Crippen LogP contribution in [-0.4, -0.2) is 56.3 Å². The molecule has 1 aromatic rings. The van der Waals surface area contributed by atoms with Crippen molar-refractivity contribution < 1.29 is 14.7 Å². The molecule has 2 amide bonds. The summed E-state index contributed by atoms with van der Waals surface area (Å²) < 4.78 is 1.67. The van der Waals surface area contributed by atoms with Crippen molar-refractivity contribution in [2.45, 2.75) is 25.9 Å². The Balaban J connectivity index is 2.04. The van der Waals surface area contributed by atoms with Crippen LogP contribution in [0.2, 0.25) is 0 Å². The van der Waals surface area contributed by atoms with E-state index in [0.717, 1.165) is 12.0 Å². The molecule has 7 nitrogen and oxygen atoms in total. The Kier molecular flexibility index (Phi) is 3.96. The van der Waals surface area contributed by atoms with Crippen LogP contribution in [0.1, 0.15) is 18.9 Å². The van der Waals surface area contributed by atoms with Crippen molar-refractivity contribution in [2.24, 2.45) is 13.0 Å². The summed E-state index contributed by atoms with van der Waals surface area (Å²) in [6.07, 6.45) is 4.26. The van der Waals surface area contributed by atoms with Gasteiger partial charge in [-0.05, 0) is 12.3 Å². The Labute approximate surface area is 117 Å². The molecule has 0 bridgehead atoms. The molecule has 0 spiro atoms. The monoisotopic (exact) mass is 280 g/mol. The second kappa shape index (κ2) is 5.52. The number of amides is 2. The van der Waals surface area contributed by atoms with Crippen molar-refractivity contribution in [2.75, 3.05) is 13.6 Å². The Bertz CT molecular complexity index is 513. The molecular weight excluding hydrogens is 260 g/mol. The van der Waals surface area contributed by atoms with E-state index < -0.39 is 12.0 Å². The summed E-state index contributed by atoms with van der Waals surface area (Å²) in [5.74, 6) is -0.943. The molecule has 1 aliphatic rings. The molecule has 2 unspecified atom stereocenters. The van der Waals surface area contributed by atoms with Gasteiger partial charge < -0.3 is 14.9 Å². The van der Waals surface area contributed by atoms with E-state index in [-0.39, 0.29) is 11.9 Å². The standard InChI is InChI=1S/C13H20N4O3/c1-9-4-5-17(11(9)12(18)19)13(20)15(2)7-10-6-14-16(3)8-10/h6,8-9,11H,4-5,7H2,1-3H3,(H,18,19). The lowest BCUT2D eigenvalue weighted by Gasteiger charge is -2.28. The number of aliphatic carboxylic acids is 1. The average molecular weight is 280 g/mol. The molecule has 1 aliphatic heterocycles. The molecule has 2 heterocycles. The molecule has 2 atom stereocenters. The Morgan fingerprint density at radius 3 is 2.80 bits per heavy atom. The van der Waals surface area contributed by atoms with Crippen LogP contribution in [0.25, 0.3) is 0 Å². The highest BCUT2D eigenvalue weighted by Gasteiger charge is 2.40. The number of likely N-dealkylation sites (tertiary alicyclic amines) is 1. The summed E-state index contributed by atoms with van der Waals surface area (Å²) in [5.41, 5.74) is 0.919. The van der Waals surface area contributed by atoms with Gasteiger partial charge in [0.25, 0.3) is 0 Å². The van der Waals surface area contributed by atoms with E-state index in [0.29, 0.717) is 13.1 Å². The summed E-state index contributed by atoms with van der Waals surface area (Å²) >= 11 is 0. The minimum absolute atomic E-state index is 0.0109. The highest BCUT2D eigenvalue weighted by molar-refractivity contribution is 5.83. The first-order chi connectivity index (χ1) is 9.40. The van der Waals surface area contributed by atoms with Gasteiger partial charge in [-0.1, -0.05) is 6.92 Å². The Hall–Kier alpha value is -2.05. The largest absolute Gasteiger partial charge is 0.480 e. The molecule has 1 fully saturated rings. The topological polar surface area (TPSA) is 78.7 Å². The summed E-state index contributed by atoms with van der Waals surface area (Å²) in [4.78, 5) is 26.6. The third kappa shape index (κ3) is 2.76. The lowest BCUT2D eigenvalue weighted by Crippen LogP contribution is -2.47. The van der Waals surface area contributed by atoms with E-state index in [1.807, 2.05) is 20.2 Å². The number of urea groups is 1. The quantitative estimate of drug-likeness (QED) is 0.887. The molecule has 1 aromatic heterocycles. The van der Waals surface area contributed by atoms with Gasteiger partial charge in [-0.25, -0.2) is 9.59 Å². The minimum atomic E-state index is -0.932. The van der Waals surface area contributed by atoms with Crippen LogP contribution in [0.3, 0.4) is 0 Å². The zero-order valence-electron chi connectivity index (χ0n) is 12.0. The molecule has 7 heteroatoms. The lowest BCUT2D eigenvalue weighted by molar-refractivity contribution is -0.142. The highest BCUT2D eigenvalue weighted by atomic mass is 16.4. The van der Waals surface area contributed by atoms with Gasteiger partial charge in [0.15, 0.2) is 0 Å². The van der Waals surface area contributed by atoms with Gasteiger partial charge in [-0.3, -0.25) is 4.68 Å². The third-order valence-corrected chi connectivity index (χ3v) is 3.70. The van der Waals surface area contributed by atoms with Crippen molar-refractivity contribution in [1.29, 1.82) is 0 Å². The summed E-state index contributed by atoms with van der Waals surface area (Å²) in [7, 11) is 3.49. The van der Waals surface area contributed by atoms with Crippen LogP contribution in [-0.2, 0) is 18.4 Å². The van der Waals surface area contributed by atoms with E-state index in [1.165, 1.54) is 9.80 Å². The van der Waals surface area contributed by atoms with Gasteiger partial charge in [0.05, 0.1) is 12.7 Å². The van der Waals surface area contributed by atoms with Crippen molar-refractivity contribution in [1.82, 2.24) is 19.6 Å². The molecule has 110 valence electrons. The van der Waals surface area contributed by atoms with Crippen molar-refractivity contribution in [3.05, 3.63) is 18.0 Å². The molecule has 1 saturated heterocycles. The van der Waals surface area contributed by atoms with Crippen LogP contribution in [0, 0.1) is 5.92 Å². The first-order valence-electron chi connectivity index (χ1n) is 6.62. The van der Waals surface area contributed by atoms with E-state index in [1.54, 1.807) is 17.9 Å². The maximum atomic E-state index is 12.4. The maximum absolute atomic E-state index is 12.4. The number of carboxylic acid groups (broad SMARTS) is 1. The summed E-state index contributed by atoms with van der Waals surface area (Å²) in [5, 5.41) is 13.3. The van der Waals surface area contributed by atoms with Gasteiger partial charge in [-0.2, -0.15) is 5.10 Å². The SMILES string of the molecule is CC1CCN(C(=O)N(C)Cc2cnn(C)c2)C1C(=O)O. The molecule has 2 rings (SSSR count). The van der Waals surface area contributed by atoms with Crippen LogP contribution >= 0.6 is 0 Å². The second-order valence-electron chi connectivity index (χ2n) is 5.40. The third-order valence-electron chi connectivity index (χ3n) is 3.70. The van der Waals surface area contributed by atoms with Crippen LogP contribution in [0.4, 0.5) is 4.79 Å². The second-order valence-corrected chi connectivity index (χ2v) is 5.40. The number of rotatable bonds is 3. The Morgan fingerprint density at radius 2 is 2.25 bits per heavy atom. The summed E-state index contributed by atoms with van der Waals surface area (Å²) in [6.45, 7) is 2.78. The van der Waals surface area contributed by atoms with E-state index >= 15 is 0 Å². The van der Waals surface area contributed by atoms with Gasteiger partial charge >= 0.3 is 12.0 Å². The number of hydrogen-bond acceptors (Lipinski definition) is 3. The molecule has 0 aromatic carbocycles. The van der Waals surface area contributed by atoms with Crippen molar-refractivity contribution in [3.8, 4) is 0 Å². The lowest BCUT2D eigenvalue weighted by atomic mass is 10.0. The number of nitrogens with zero attached hydrogens (tertiary/aromatic N) is 4. The molecule has 0 saturated carbocycles. The highest BCUT2D eigenvalue weighted by Crippen LogP contribution is 2.25. The first-order valence-corrected chi connectivity index (χ1v) is 6.62. The van der Waals surface area contributed by atoms with Crippen molar-refractivity contribution >= 4 is 12.0 Å². The molecule has 20 heavy (non-hydrogen) atoms. The Morgan fingerprint density at radius 1 is 1.55 bits per heavy atom.